The average molecular weight is 841 g/mol. The Balaban J connectivity index is 0.780. The molecule has 3 aliphatic heterocycles. The molecule has 0 bridgehead atoms. The lowest BCUT2D eigenvalue weighted by atomic mass is 9.85. The van der Waals surface area contributed by atoms with E-state index in [2.05, 4.69) is 55.1 Å². The van der Waals surface area contributed by atoms with Crippen molar-refractivity contribution >= 4 is 46.1 Å². The number of para-hydroxylation sites is 1. The largest absolute Gasteiger partial charge is 0.507 e. The number of aryl methyl sites for hydroxylation is 2. The molecule has 15 nitrogen and oxygen atoms in total. The summed E-state index contributed by atoms with van der Waals surface area (Å²) in [6, 6.07) is 17.0. The molecule has 2 aromatic carbocycles. The Hall–Kier alpha value is -6.06. The van der Waals surface area contributed by atoms with E-state index < -0.39 is 6.03 Å². The van der Waals surface area contributed by atoms with Crippen molar-refractivity contribution in [1.29, 1.82) is 0 Å². The summed E-state index contributed by atoms with van der Waals surface area (Å²) in [6.07, 6.45) is 9.30. The van der Waals surface area contributed by atoms with Gasteiger partial charge in [-0.3, -0.25) is 24.7 Å². The Morgan fingerprint density at radius 1 is 0.968 bits per heavy atom. The van der Waals surface area contributed by atoms with Crippen LogP contribution >= 0.6 is 0 Å². The number of nitrogens with one attached hydrogen (secondary N) is 1. The van der Waals surface area contributed by atoms with Gasteiger partial charge < -0.3 is 29.9 Å². The van der Waals surface area contributed by atoms with Crippen LogP contribution in [0.3, 0.4) is 0 Å². The fraction of sp³-hybridized carbons (Fsp3) is 0.447. The first-order valence-corrected chi connectivity index (χ1v) is 22.1. The van der Waals surface area contributed by atoms with Gasteiger partial charge in [-0.1, -0.05) is 31.2 Å². The van der Waals surface area contributed by atoms with Crippen LogP contribution in [0, 0.1) is 12.8 Å². The molecule has 4 fully saturated rings. The number of carbonyl (C=O) groups is 3. The van der Waals surface area contributed by atoms with Gasteiger partial charge in [0.2, 0.25) is 5.91 Å². The summed E-state index contributed by atoms with van der Waals surface area (Å²) in [5.41, 5.74) is 13.8. The van der Waals surface area contributed by atoms with Gasteiger partial charge in [-0.2, -0.15) is 0 Å². The Labute approximate surface area is 361 Å². The number of fused-ring (bicyclic) bond motifs is 1. The number of hydrogen-bond acceptors (Lipinski definition) is 11. The molecule has 5 aromatic rings. The minimum atomic E-state index is -0.393. The summed E-state index contributed by atoms with van der Waals surface area (Å²) in [5, 5.41) is 22.4. The number of rotatable bonds is 9. The third kappa shape index (κ3) is 8.30. The molecule has 2 atom stereocenters. The van der Waals surface area contributed by atoms with Crippen molar-refractivity contribution in [2.75, 3.05) is 67.9 Å². The Bertz CT molecular complexity index is 2490. The Kier molecular flexibility index (Phi) is 11.6. The number of morpholine rings is 1. The highest BCUT2D eigenvalue weighted by molar-refractivity contribution is 6.06. The van der Waals surface area contributed by atoms with Crippen LogP contribution in [-0.2, 0) is 16.0 Å². The van der Waals surface area contributed by atoms with Gasteiger partial charge in [-0.15, -0.1) is 10.2 Å². The maximum absolute atomic E-state index is 13.9. The van der Waals surface area contributed by atoms with E-state index in [9.17, 15) is 19.5 Å². The maximum Gasteiger partial charge on any atom is 0.328 e. The molecule has 1 aliphatic carbocycles. The Morgan fingerprint density at radius 3 is 2.50 bits per heavy atom. The van der Waals surface area contributed by atoms with Crippen molar-refractivity contribution in [2.24, 2.45) is 5.92 Å². The second kappa shape index (κ2) is 17.4. The summed E-state index contributed by atoms with van der Waals surface area (Å²) < 4.78 is 8.80. The second-order valence-electron chi connectivity index (χ2n) is 17.4. The molecule has 0 radical (unpaired) electrons. The van der Waals surface area contributed by atoms with Crippen LogP contribution < -0.4 is 20.9 Å². The number of imide groups is 1. The summed E-state index contributed by atoms with van der Waals surface area (Å²) in [6.45, 7) is 11.9. The number of pyridine rings is 1. The monoisotopic (exact) mass is 840 g/mol. The molecule has 3 aromatic heterocycles. The summed E-state index contributed by atoms with van der Waals surface area (Å²) in [4.78, 5) is 51.3. The smallest absolute Gasteiger partial charge is 0.328 e. The fourth-order valence-electron chi connectivity index (χ4n) is 9.91. The van der Waals surface area contributed by atoms with Gasteiger partial charge in [0.25, 0.3) is 5.91 Å². The molecule has 3 saturated heterocycles. The number of phenols is 1. The van der Waals surface area contributed by atoms with Crippen molar-refractivity contribution < 1.29 is 24.2 Å². The molecule has 4 N–H and O–H groups in total. The number of urea groups is 1. The second-order valence-corrected chi connectivity index (χ2v) is 17.4. The first-order chi connectivity index (χ1) is 30.0. The highest BCUT2D eigenvalue weighted by Crippen LogP contribution is 2.38. The highest BCUT2D eigenvalue weighted by atomic mass is 16.5. The van der Waals surface area contributed by atoms with Crippen molar-refractivity contribution in [3.05, 3.63) is 89.2 Å². The minimum absolute atomic E-state index is 0.0708. The number of hydrogen-bond donors (Lipinski definition) is 3. The van der Waals surface area contributed by atoms with E-state index in [1.54, 1.807) is 29.3 Å². The van der Waals surface area contributed by atoms with E-state index in [4.69, 9.17) is 15.5 Å². The van der Waals surface area contributed by atoms with Gasteiger partial charge in [0, 0.05) is 87.5 Å². The maximum atomic E-state index is 13.9. The zero-order chi connectivity index (χ0) is 43.1. The molecule has 1 saturated carbocycles. The highest BCUT2D eigenvalue weighted by Gasteiger charge is 2.32. The molecule has 62 heavy (non-hydrogen) atoms. The van der Waals surface area contributed by atoms with Gasteiger partial charge >= 0.3 is 6.03 Å². The third-order valence-corrected chi connectivity index (χ3v) is 13.3. The van der Waals surface area contributed by atoms with Crippen LogP contribution in [0.5, 0.6) is 5.75 Å². The van der Waals surface area contributed by atoms with Crippen molar-refractivity contribution in [1.82, 2.24) is 34.9 Å². The number of aromatic hydroxyl groups is 1. The summed E-state index contributed by atoms with van der Waals surface area (Å²) in [5.74, 6) is 0.885. The first kappa shape index (κ1) is 41.3. The molecule has 9 rings (SSSR count). The molecule has 324 valence electrons. The molecule has 0 spiro atoms. The van der Waals surface area contributed by atoms with Gasteiger partial charge in [-0.05, 0) is 98.9 Å². The number of piperazine rings is 1. The topological polar surface area (TPSA) is 175 Å². The lowest BCUT2D eigenvalue weighted by Gasteiger charge is -2.39. The number of nitrogens with two attached hydrogens (primary N) is 1. The van der Waals surface area contributed by atoms with Crippen LogP contribution in [-0.4, -0.2) is 111 Å². The van der Waals surface area contributed by atoms with Crippen molar-refractivity contribution in [3.8, 4) is 17.0 Å². The number of amides is 4. The van der Waals surface area contributed by atoms with Gasteiger partial charge in [0.1, 0.15) is 17.5 Å². The molecule has 4 aliphatic rings. The normalized spacial score (nSPS) is 22.6. The third-order valence-electron chi connectivity index (χ3n) is 13.3. The van der Waals surface area contributed by atoms with E-state index in [0.29, 0.717) is 61.8 Å². The van der Waals surface area contributed by atoms with E-state index in [1.165, 1.54) is 5.56 Å². The van der Waals surface area contributed by atoms with Crippen LogP contribution in [0.25, 0.3) is 22.3 Å². The zero-order valence-corrected chi connectivity index (χ0v) is 35.8. The van der Waals surface area contributed by atoms with Gasteiger partial charge in [0.05, 0.1) is 29.4 Å². The zero-order valence-electron chi connectivity index (χ0n) is 35.8. The summed E-state index contributed by atoms with van der Waals surface area (Å²) in [7, 11) is 0. The van der Waals surface area contributed by atoms with Crippen LogP contribution in [0.2, 0.25) is 0 Å². The lowest BCUT2D eigenvalue weighted by molar-refractivity contribution is -0.120. The first-order valence-electron chi connectivity index (χ1n) is 22.1. The number of phenolic OH excluding ortho intramolecular Hbond substituents is 1. The molecule has 4 amide bonds. The average Bonchev–Trinajstić information content (AvgIpc) is 3.65. The van der Waals surface area contributed by atoms with E-state index in [-0.39, 0.29) is 36.2 Å². The number of nitrogen functional groups attached to an aromatic ring is 1. The number of aromatic nitrogens is 4. The molecule has 6 heterocycles. The van der Waals surface area contributed by atoms with Crippen molar-refractivity contribution in [2.45, 2.75) is 77.5 Å². The fourth-order valence-corrected chi connectivity index (χ4v) is 9.91. The van der Waals surface area contributed by atoms with Crippen molar-refractivity contribution in [3.63, 3.8) is 0 Å². The number of nitrogens with zero attached hydrogens (tertiary/aromatic N) is 8. The minimum Gasteiger partial charge on any atom is -0.507 e. The molecular weight excluding hydrogens is 785 g/mol. The van der Waals surface area contributed by atoms with Crippen LogP contribution in [0.1, 0.15) is 85.1 Å². The lowest BCUT2D eigenvalue weighted by Crippen LogP contribution is -2.50. The molecular formula is C47H56N10O5. The summed E-state index contributed by atoms with van der Waals surface area (Å²) >= 11 is 0. The number of benzene rings is 2. The number of anilines is 3. The predicted octanol–water partition coefficient (Wildman–Crippen LogP) is 6.25. The SMILES string of the molecule is CCc1cn(C2CCC(CN3CCN(C(=O)c4ccc([C@@H]5CN(c6cc(-c7ccccc7O)nnc6N)C[C@H](C)O5)cc4C)CC3)CC2)c2ncc(N3CCC(=O)NC3=O)cc12. The van der Waals surface area contributed by atoms with Crippen LogP contribution in [0.15, 0.2) is 67.0 Å². The number of ether oxygens (including phenoxy) is 1. The van der Waals surface area contributed by atoms with E-state index in [1.807, 2.05) is 43.0 Å². The Morgan fingerprint density at radius 2 is 1.76 bits per heavy atom. The van der Waals surface area contributed by atoms with E-state index in [0.717, 1.165) is 90.8 Å². The van der Waals surface area contributed by atoms with Crippen LogP contribution in [0.4, 0.5) is 22.0 Å². The molecule has 15 heteroatoms. The standard InChI is InChI=1S/C47H56N10O5/c1-4-32-27-57(45-38(32)22-35(24-49-45)56-16-15-43(59)50-47(56)61)34-12-9-31(10-13-34)26-53-17-19-54(20-18-53)46(60)36-14-11-33(21-29(36)2)42-28-55(25-30(3)62-42)40-23-39(51-52-44(40)48)37-7-5-6-8-41(37)58/h5-8,11,14,21-24,27,30-31,34,42,58H,4,9-10,12-13,15-20,25-26,28H2,1-3H3,(H2,48,52)(H,50,59,61)/t30-,31?,34?,42-/m0/s1. The van der Waals surface area contributed by atoms with Gasteiger partial charge in [-0.25, -0.2) is 9.78 Å². The molecule has 0 unspecified atom stereocenters. The number of carbonyl (C=O) groups excluding carboxylic acids is 3. The quantitative estimate of drug-likeness (QED) is 0.153. The van der Waals surface area contributed by atoms with E-state index >= 15 is 0 Å². The predicted molar refractivity (Wildman–Crippen MR) is 238 cm³/mol. The van der Waals surface area contributed by atoms with Gasteiger partial charge in [0.15, 0.2) is 5.82 Å².